The zero-order valence-electron chi connectivity index (χ0n) is 11.4. The average Bonchev–Trinajstić information content (AvgIpc) is 3.03. The van der Waals surface area contributed by atoms with Crippen molar-refractivity contribution in [1.82, 2.24) is 25.0 Å². The van der Waals surface area contributed by atoms with Gasteiger partial charge in [-0.05, 0) is 25.8 Å². The standard InChI is InChI=1S/C13H21N5O/c1-2-11-14-12(16-15-11)13(19)18-8-4-7-17-6-3-5-10(17)9-18/h10H,2-9H2,1H3,(H,14,15,16). The van der Waals surface area contributed by atoms with E-state index in [1.165, 1.54) is 19.4 Å². The first-order valence-electron chi connectivity index (χ1n) is 7.22. The van der Waals surface area contributed by atoms with Crippen LogP contribution in [0.5, 0.6) is 0 Å². The molecule has 0 bridgehead atoms. The summed E-state index contributed by atoms with van der Waals surface area (Å²) in [6.45, 7) is 5.95. The van der Waals surface area contributed by atoms with E-state index in [9.17, 15) is 4.79 Å². The Labute approximate surface area is 113 Å². The molecule has 1 aromatic heterocycles. The number of fused-ring (bicyclic) bond motifs is 1. The Bertz CT molecular complexity index is 458. The lowest BCUT2D eigenvalue weighted by molar-refractivity contribution is 0.0731. The Balaban J connectivity index is 1.71. The summed E-state index contributed by atoms with van der Waals surface area (Å²) in [4.78, 5) is 21.1. The molecule has 0 aromatic carbocycles. The molecule has 0 saturated carbocycles. The predicted octanol–water partition coefficient (Wildman–Crippen LogP) is 0.677. The van der Waals surface area contributed by atoms with Gasteiger partial charge in [-0.25, -0.2) is 4.98 Å². The summed E-state index contributed by atoms with van der Waals surface area (Å²) in [5.41, 5.74) is 0. The summed E-state index contributed by atoms with van der Waals surface area (Å²) in [6.07, 6.45) is 4.29. The topological polar surface area (TPSA) is 65.1 Å². The second-order valence-electron chi connectivity index (χ2n) is 5.40. The lowest BCUT2D eigenvalue weighted by atomic mass is 10.2. The van der Waals surface area contributed by atoms with Crippen molar-refractivity contribution in [1.29, 1.82) is 0 Å². The highest BCUT2D eigenvalue weighted by Gasteiger charge is 2.31. The molecule has 0 radical (unpaired) electrons. The number of H-pyrrole nitrogens is 1. The van der Waals surface area contributed by atoms with Gasteiger partial charge in [0.1, 0.15) is 5.82 Å². The Hall–Kier alpha value is -1.43. The smallest absolute Gasteiger partial charge is 0.293 e. The van der Waals surface area contributed by atoms with E-state index in [1.54, 1.807) is 0 Å². The summed E-state index contributed by atoms with van der Waals surface area (Å²) in [5.74, 6) is 1.08. The minimum atomic E-state index is -0.0234. The third kappa shape index (κ3) is 2.49. The average molecular weight is 263 g/mol. The van der Waals surface area contributed by atoms with Crippen molar-refractivity contribution in [3.63, 3.8) is 0 Å². The molecular formula is C13H21N5O. The van der Waals surface area contributed by atoms with Crippen LogP contribution in [0, 0.1) is 0 Å². The summed E-state index contributed by atoms with van der Waals surface area (Å²) in [6, 6.07) is 0.538. The minimum absolute atomic E-state index is 0.0234. The number of carbonyl (C=O) groups is 1. The van der Waals surface area contributed by atoms with E-state index < -0.39 is 0 Å². The monoisotopic (exact) mass is 263 g/mol. The maximum absolute atomic E-state index is 12.4. The predicted molar refractivity (Wildman–Crippen MR) is 70.9 cm³/mol. The van der Waals surface area contributed by atoms with E-state index in [0.29, 0.717) is 11.9 Å². The van der Waals surface area contributed by atoms with Gasteiger partial charge in [0.25, 0.3) is 5.91 Å². The van der Waals surface area contributed by atoms with E-state index in [1.807, 2.05) is 11.8 Å². The van der Waals surface area contributed by atoms with E-state index >= 15 is 0 Å². The number of hydrogen-bond acceptors (Lipinski definition) is 4. The summed E-state index contributed by atoms with van der Waals surface area (Å²) in [5, 5.41) is 6.86. The molecule has 3 rings (SSSR count). The van der Waals surface area contributed by atoms with Gasteiger partial charge in [-0.2, -0.15) is 0 Å². The second-order valence-corrected chi connectivity index (χ2v) is 5.40. The Morgan fingerprint density at radius 2 is 2.21 bits per heavy atom. The number of amides is 1. The van der Waals surface area contributed by atoms with Gasteiger partial charge in [-0.1, -0.05) is 6.92 Å². The molecule has 2 fully saturated rings. The third-order valence-electron chi connectivity index (χ3n) is 4.15. The fourth-order valence-corrected chi connectivity index (χ4v) is 3.08. The molecular weight excluding hydrogens is 242 g/mol. The molecule has 2 aliphatic heterocycles. The molecule has 1 atom stereocenters. The number of nitrogens with zero attached hydrogens (tertiary/aromatic N) is 4. The molecule has 2 aliphatic rings. The molecule has 19 heavy (non-hydrogen) atoms. The summed E-state index contributed by atoms with van der Waals surface area (Å²) < 4.78 is 0. The van der Waals surface area contributed by atoms with Crippen molar-refractivity contribution in [3.8, 4) is 0 Å². The van der Waals surface area contributed by atoms with Crippen LogP contribution >= 0.6 is 0 Å². The van der Waals surface area contributed by atoms with Crippen molar-refractivity contribution in [3.05, 3.63) is 11.6 Å². The first-order chi connectivity index (χ1) is 9.28. The van der Waals surface area contributed by atoms with Crippen molar-refractivity contribution in [2.24, 2.45) is 0 Å². The number of aromatic amines is 1. The van der Waals surface area contributed by atoms with Gasteiger partial charge in [-0.3, -0.25) is 14.8 Å². The third-order valence-corrected chi connectivity index (χ3v) is 4.15. The normalized spacial score (nSPS) is 24.3. The number of rotatable bonds is 2. The van der Waals surface area contributed by atoms with Gasteiger partial charge >= 0.3 is 0 Å². The number of carbonyl (C=O) groups excluding carboxylic acids is 1. The van der Waals surface area contributed by atoms with Crippen LogP contribution in [-0.4, -0.2) is 63.1 Å². The SMILES string of the molecule is CCc1nc(C(=O)N2CCCN3CCCC3C2)n[nH]1. The number of hydrogen-bond donors (Lipinski definition) is 1. The van der Waals surface area contributed by atoms with Crippen LogP contribution in [0.2, 0.25) is 0 Å². The second kappa shape index (κ2) is 5.28. The van der Waals surface area contributed by atoms with E-state index in [2.05, 4.69) is 20.1 Å². The minimum Gasteiger partial charge on any atom is -0.334 e. The van der Waals surface area contributed by atoms with Crippen LogP contribution in [0.1, 0.15) is 42.6 Å². The fraction of sp³-hybridized carbons (Fsp3) is 0.769. The lowest BCUT2D eigenvalue weighted by Gasteiger charge is -2.24. The fourth-order valence-electron chi connectivity index (χ4n) is 3.08. The van der Waals surface area contributed by atoms with Gasteiger partial charge < -0.3 is 4.90 Å². The van der Waals surface area contributed by atoms with Crippen molar-refractivity contribution >= 4 is 5.91 Å². The van der Waals surface area contributed by atoms with Crippen LogP contribution in [0.15, 0.2) is 0 Å². The highest BCUT2D eigenvalue weighted by molar-refractivity contribution is 5.90. The molecule has 0 aliphatic carbocycles. The number of nitrogens with one attached hydrogen (secondary N) is 1. The Morgan fingerprint density at radius 3 is 3.00 bits per heavy atom. The molecule has 1 amide bonds. The summed E-state index contributed by atoms with van der Waals surface area (Å²) >= 11 is 0. The van der Waals surface area contributed by atoms with E-state index in [0.717, 1.165) is 38.3 Å². The largest absolute Gasteiger partial charge is 0.334 e. The highest BCUT2D eigenvalue weighted by Crippen LogP contribution is 2.21. The number of aromatic nitrogens is 3. The first kappa shape index (κ1) is 12.6. The maximum Gasteiger partial charge on any atom is 0.293 e. The maximum atomic E-state index is 12.4. The van der Waals surface area contributed by atoms with Gasteiger partial charge in [-0.15, -0.1) is 5.10 Å². The van der Waals surface area contributed by atoms with Gasteiger partial charge in [0, 0.05) is 32.1 Å². The van der Waals surface area contributed by atoms with Crippen molar-refractivity contribution in [2.75, 3.05) is 26.2 Å². The molecule has 1 N–H and O–H groups in total. The molecule has 6 nitrogen and oxygen atoms in total. The molecule has 1 aromatic rings. The Morgan fingerprint density at radius 1 is 1.37 bits per heavy atom. The summed E-state index contributed by atoms with van der Waals surface area (Å²) in [7, 11) is 0. The lowest BCUT2D eigenvalue weighted by Crippen LogP contribution is -2.40. The number of aryl methyl sites for hydroxylation is 1. The zero-order valence-corrected chi connectivity index (χ0v) is 11.4. The quantitative estimate of drug-likeness (QED) is 0.852. The first-order valence-corrected chi connectivity index (χ1v) is 7.22. The van der Waals surface area contributed by atoms with Crippen molar-refractivity contribution < 1.29 is 4.79 Å². The zero-order chi connectivity index (χ0) is 13.2. The van der Waals surface area contributed by atoms with Crippen LogP contribution < -0.4 is 0 Å². The molecule has 104 valence electrons. The molecule has 6 heteroatoms. The Kier molecular flexibility index (Phi) is 3.50. The van der Waals surface area contributed by atoms with E-state index in [4.69, 9.17) is 0 Å². The molecule has 3 heterocycles. The molecule has 2 saturated heterocycles. The van der Waals surface area contributed by atoms with Crippen LogP contribution in [0.25, 0.3) is 0 Å². The van der Waals surface area contributed by atoms with Gasteiger partial charge in [0.15, 0.2) is 0 Å². The van der Waals surface area contributed by atoms with Crippen molar-refractivity contribution in [2.45, 2.75) is 38.6 Å². The highest BCUT2D eigenvalue weighted by atomic mass is 16.2. The van der Waals surface area contributed by atoms with Gasteiger partial charge in [0.2, 0.25) is 5.82 Å². The molecule has 0 spiro atoms. The van der Waals surface area contributed by atoms with E-state index in [-0.39, 0.29) is 5.91 Å². The van der Waals surface area contributed by atoms with Crippen LogP contribution in [-0.2, 0) is 6.42 Å². The molecule has 1 unspecified atom stereocenters. The van der Waals surface area contributed by atoms with Gasteiger partial charge in [0.05, 0.1) is 0 Å². The van der Waals surface area contributed by atoms with Crippen LogP contribution in [0.4, 0.5) is 0 Å². The van der Waals surface area contributed by atoms with Crippen LogP contribution in [0.3, 0.4) is 0 Å².